The van der Waals surface area contributed by atoms with Gasteiger partial charge in [-0.25, -0.2) is 0 Å². The lowest BCUT2D eigenvalue weighted by Gasteiger charge is -2.24. The fourth-order valence-corrected chi connectivity index (χ4v) is 2.29. The average Bonchev–Trinajstić information content (AvgIpc) is 2.17. The molecule has 0 aliphatic carbocycles. The van der Waals surface area contributed by atoms with Gasteiger partial charge >= 0.3 is 8.80 Å². The van der Waals surface area contributed by atoms with Crippen LogP contribution in [-0.4, -0.2) is 35.9 Å². The van der Waals surface area contributed by atoms with Crippen molar-refractivity contribution >= 4 is 8.80 Å². The van der Waals surface area contributed by atoms with Gasteiger partial charge in [-0.2, -0.15) is 0 Å². The molecule has 0 aromatic heterocycles. The topological polar surface area (TPSA) is 36.9 Å². The number of hydrogen-bond acceptors (Lipinski definition) is 4. The Morgan fingerprint density at radius 3 is 2.23 bits per heavy atom. The minimum atomic E-state index is -2.55. The number of rotatable bonds is 7. The zero-order valence-corrected chi connectivity index (χ0v) is 9.70. The summed E-state index contributed by atoms with van der Waals surface area (Å²) in [5.41, 5.74) is 0. The summed E-state index contributed by atoms with van der Waals surface area (Å²) in [6.07, 6.45) is 3.74. The Bertz CT molecular complexity index is 145. The molecule has 5 heteroatoms. The van der Waals surface area contributed by atoms with E-state index in [0.717, 1.165) is 0 Å². The molecule has 78 valence electrons. The molecule has 4 nitrogen and oxygen atoms in total. The Hall–Kier alpha value is -0.363. The van der Waals surface area contributed by atoms with E-state index in [1.165, 1.54) is 0 Å². The molecular weight excluding hydrogens is 188 g/mol. The number of ether oxygens (including phenoxy) is 1. The van der Waals surface area contributed by atoms with Crippen molar-refractivity contribution in [1.29, 1.82) is 0 Å². The Morgan fingerprint density at radius 2 is 1.85 bits per heavy atom. The van der Waals surface area contributed by atoms with E-state index in [4.69, 9.17) is 18.0 Å². The molecular formula is C8H18O4Si. The molecule has 0 aliphatic heterocycles. The summed E-state index contributed by atoms with van der Waals surface area (Å²) in [6, 6.07) is 0. The molecule has 0 rings (SSSR count). The van der Waals surface area contributed by atoms with E-state index in [1.54, 1.807) is 26.6 Å². The molecule has 0 amide bonds. The minimum Gasteiger partial charge on any atom is -0.497 e. The van der Waals surface area contributed by atoms with Gasteiger partial charge in [-0.15, -0.1) is 0 Å². The first kappa shape index (κ1) is 12.6. The first-order valence-corrected chi connectivity index (χ1v) is 6.15. The van der Waals surface area contributed by atoms with E-state index in [1.807, 2.05) is 13.8 Å². The van der Waals surface area contributed by atoms with Gasteiger partial charge in [0.15, 0.2) is 6.23 Å². The fraction of sp³-hybridized carbons (Fsp3) is 0.750. The van der Waals surface area contributed by atoms with Crippen molar-refractivity contribution in [2.45, 2.75) is 13.8 Å². The highest BCUT2D eigenvalue weighted by Gasteiger charge is 2.39. The normalized spacial score (nSPS) is 12.3. The SMILES string of the molecule is CC=COC[Si](OC)(OC)OCC. The Labute approximate surface area is 80.8 Å². The van der Waals surface area contributed by atoms with Crippen LogP contribution in [0.1, 0.15) is 13.8 Å². The van der Waals surface area contributed by atoms with Crippen LogP contribution in [0, 0.1) is 0 Å². The van der Waals surface area contributed by atoms with Crippen LogP contribution in [0.5, 0.6) is 0 Å². The number of hydrogen-bond donors (Lipinski definition) is 0. The maximum atomic E-state index is 5.41. The maximum Gasteiger partial charge on any atom is 0.540 e. The van der Waals surface area contributed by atoms with Crippen LogP contribution in [0.25, 0.3) is 0 Å². The van der Waals surface area contributed by atoms with E-state index in [0.29, 0.717) is 12.8 Å². The van der Waals surface area contributed by atoms with E-state index in [9.17, 15) is 0 Å². The molecule has 0 bridgehead atoms. The molecule has 0 saturated heterocycles. The van der Waals surface area contributed by atoms with Gasteiger partial charge in [0.2, 0.25) is 0 Å². The van der Waals surface area contributed by atoms with E-state index in [2.05, 4.69) is 0 Å². The molecule has 0 N–H and O–H groups in total. The molecule has 0 aromatic carbocycles. The molecule has 0 radical (unpaired) electrons. The fourth-order valence-electron chi connectivity index (χ4n) is 0.827. The highest BCUT2D eigenvalue weighted by atomic mass is 28.4. The Kier molecular flexibility index (Phi) is 6.88. The summed E-state index contributed by atoms with van der Waals surface area (Å²) in [6.45, 7) is 4.34. The maximum absolute atomic E-state index is 5.41. The van der Waals surface area contributed by atoms with Crippen LogP contribution in [0.15, 0.2) is 12.3 Å². The highest BCUT2D eigenvalue weighted by molar-refractivity contribution is 6.60. The monoisotopic (exact) mass is 206 g/mol. The molecule has 0 saturated carbocycles. The molecule has 13 heavy (non-hydrogen) atoms. The van der Waals surface area contributed by atoms with E-state index < -0.39 is 8.80 Å². The largest absolute Gasteiger partial charge is 0.540 e. The second-order valence-corrected chi connectivity index (χ2v) is 5.06. The molecule has 0 aromatic rings. The molecule has 0 atom stereocenters. The second-order valence-electron chi connectivity index (χ2n) is 2.30. The first-order chi connectivity index (χ1) is 6.24. The summed E-state index contributed by atoms with van der Waals surface area (Å²) in [5.74, 6) is 0. The van der Waals surface area contributed by atoms with Gasteiger partial charge in [0.05, 0.1) is 6.26 Å². The average molecular weight is 206 g/mol. The van der Waals surface area contributed by atoms with Crippen molar-refractivity contribution < 1.29 is 18.0 Å². The Balaban J connectivity index is 4.04. The van der Waals surface area contributed by atoms with E-state index in [-0.39, 0.29) is 0 Å². The summed E-state index contributed by atoms with van der Waals surface area (Å²) < 4.78 is 21.0. The molecule has 0 unspecified atom stereocenters. The summed E-state index contributed by atoms with van der Waals surface area (Å²) in [7, 11) is 0.593. The second kappa shape index (κ2) is 7.08. The zero-order chi connectivity index (χ0) is 10.2. The van der Waals surface area contributed by atoms with Gasteiger partial charge in [-0.3, -0.25) is 0 Å². The van der Waals surface area contributed by atoms with Crippen molar-refractivity contribution in [2.24, 2.45) is 0 Å². The predicted molar refractivity (Wildman–Crippen MR) is 52.2 cm³/mol. The third-order valence-corrected chi connectivity index (χ3v) is 3.97. The lowest BCUT2D eigenvalue weighted by molar-refractivity contribution is 0.0748. The highest BCUT2D eigenvalue weighted by Crippen LogP contribution is 2.07. The third kappa shape index (κ3) is 4.42. The van der Waals surface area contributed by atoms with Gasteiger partial charge < -0.3 is 18.0 Å². The van der Waals surface area contributed by atoms with Crippen molar-refractivity contribution in [1.82, 2.24) is 0 Å². The van der Waals surface area contributed by atoms with E-state index >= 15 is 0 Å². The van der Waals surface area contributed by atoms with Gasteiger partial charge in [0.1, 0.15) is 0 Å². The van der Waals surface area contributed by atoms with Gasteiger partial charge in [-0.1, -0.05) is 6.08 Å². The van der Waals surface area contributed by atoms with Gasteiger partial charge in [0.25, 0.3) is 0 Å². The van der Waals surface area contributed by atoms with Crippen LogP contribution in [0.3, 0.4) is 0 Å². The molecule has 0 spiro atoms. The first-order valence-electron chi connectivity index (χ1n) is 4.21. The lowest BCUT2D eigenvalue weighted by atomic mass is 10.7. The van der Waals surface area contributed by atoms with Crippen molar-refractivity contribution in [2.75, 3.05) is 27.1 Å². The predicted octanol–water partition coefficient (Wildman–Crippen LogP) is 1.34. The smallest absolute Gasteiger partial charge is 0.497 e. The summed E-state index contributed by atoms with van der Waals surface area (Å²) >= 11 is 0. The molecule has 0 heterocycles. The van der Waals surface area contributed by atoms with Crippen LogP contribution in [0.2, 0.25) is 0 Å². The minimum absolute atomic E-state index is 0.345. The zero-order valence-electron chi connectivity index (χ0n) is 8.70. The van der Waals surface area contributed by atoms with Crippen molar-refractivity contribution in [3.05, 3.63) is 12.3 Å². The van der Waals surface area contributed by atoms with Gasteiger partial charge in [-0.05, 0) is 13.8 Å². The van der Waals surface area contributed by atoms with Crippen molar-refractivity contribution in [3.63, 3.8) is 0 Å². The Morgan fingerprint density at radius 1 is 1.23 bits per heavy atom. The standard InChI is InChI=1S/C8H18O4Si/c1-5-7-11-8-13(9-3,10-4)12-6-2/h5,7H,6,8H2,1-4H3. The van der Waals surface area contributed by atoms with Crippen molar-refractivity contribution in [3.8, 4) is 0 Å². The molecule has 0 fully saturated rings. The number of allylic oxidation sites excluding steroid dienone is 1. The third-order valence-electron chi connectivity index (χ3n) is 1.48. The summed E-state index contributed by atoms with van der Waals surface area (Å²) in [5, 5.41) is 0. The van der Waals surface area contributed by atoms with Crippen LogP contribution in [-0.2, 0) is 18.0 Å². The van der Waals surface area contributed by atoms with Gasteiger partial charge in [0, 0.05) is 20.8 Å². The van der Waals surface area contributed by atoms with Crippen LogP contribution in [0.4, 0.5) is 0 Å². The quantitative estimate of drug-likeness (QED) is 0.465. The van der Waals surface area contributed by atoms with Crippen LogP contribution >= 0.6 is 0 Å². The van der Waals surface area contributed by atoms with Crippen LogP contribution < -0.4 is 0 Å². The lowest BCUT2D eigenvalue weighted by Crippen LogP contribution is -2.48. The summed E-state index contributed by atoms with van der Waals surface area (Å²) in [4.78, 5) is 0. The molecule has 0 aliphatic rings.